The molecule has 0 aromatic heterocycles. The van der Waals surface area contributed by atoms with Crippen LogP contribution in [-0.4, -0.2) is 24.5 Å². The van der Waals surface area contributed by atoms with Crippen molar-refractivity contribution in [2.45, 2.75) is 50.7 Å². The molecule has 1 unspecified atom stereocenters. The van der Waals surface area contributed by atoms with Gasteiger partial charge in [0.15, 0.2) is 0 Å². The average Bonchev–Trinajstić information content (AvgIpc) is 3.30. The fourth-order valence-electron chi connectivity index (χ4n) is 3.04. The number of carbonyl (C=O) groups excluding carboxylic acids is 1. The van der Waals surface area contributed by atoms with Gasteiger partial charge in [0, 0.05) is 30.4 Å². The molecule has 1 aromatic carbocycles. The molecule has 1 aliphatic heterocycles. The van der Waals surface area contributed by atoms with E-state index in [2.05, 4.69) is 5.32 Å². The van der Waals surface area contributed by atoms with Gasteiger partial charge in [0.05, 0.1) is 0 Å². The smallest absolute Gasteiger partial charge is 0.240 e. The van der Waals surface area contributed by atoms with E-state index < -0.39 is 0 Å². The molecule has 1 heterocycles. The van der Waals surface area contributed by atoms with E-state index in [-0.39, 0.29) is 17.8 Å². The molecule has 1 amide bonds. The summed E-state index contributed by atoms with van der Waals surface area (Å²) < 4.78 is 14.2. The van der Waals surface area contributed by atoms with E-state index in [4.69, 9.17) is 5.73 Å². The van der Waals surface area contributed by atoms with Crippen molar-refractivity contribution in [3.8, 4) is 0 Å². The maximum absolute atomic E-state index is 14.2. The monoisotopic (exact) mass is 291 g/mol. The van der Waals surface area contributed by atoms with Gasteiger partial charge in [0.1, 0.15) is 11.9 Å². The molecule has 1 saturated carbocycles. The Labute approximate surface area is 124 Å². The number of nitrogens with zero attached hydrogens (tertiary/aromatic N) is 1. The minimum absolute atomic E-state index is 0.213. The molecule has 5 heteroatoms. The molecule has 21 heavy (non-hydrogen) atoms. The van der Waals surface area contributed by atoms with Gasteiger partial charge in [-0.15, -0.1) is 0 Å². The van der Waals surface area contributed by atoms with Crippen LogP contribution in [0.5, 0.6) is 0 Å². The number of carbonyl (C=O) groups is 1. The van der Waals surface area contributed by atoms with Crippen LogP contribution in [-0.2, 0) is 11.3 Å². The normalized spacial score (nSPS) is 22.3. The zero-order chi connectivity index (χ0) is 14.8. The van der Waals surface area contributed by atoms with E-state index in [0.29, 0.717) is 18.2 Å². The zero-order valence-electron chi connectivity index (χ0n) is 12.1. The number of anilines is 1. The molecule has 0 bridgehead atoms. The van der Waals surface area contributed by atoms with Gasteiger partial charge in [-0.3, -0.25) is 4.79 Å². The molecular formula is C16H22FN3O. The predicted octanol–water partition coefficient (Wildman–Crippen LogP) is 1.92. The number of nitrogens with two attached hydrogens (primary N) is 1. The van der Waals surface area contributed by atoms with E-state index >= 15 is 0 Å². The summed E-state index contributed by atoms with van der Waals surface area (Å²) in [7, 11) is 0. The first kappa shape index (κ1) is 14.3. The van der Waals surface area contributed by atoms with Crippen LogP contribution in [0.15, 0.2) is 18.2 Å². The Hall–Kier alpha value is -1.62. The molecule has 114 valence electrons. The van der Waals surface area contributed by atoms with Crippen LogP contribution in [0.3, 0.4) is 0 Å². The zero-order valence-corrected chi connectivity index (χ0v) is 12.1. The van der Waals surface area contributed by atoms with Crippen molar-refractivity contribution in [1.82, 2.24) is 5.32 Å². The van der Waals surface area contributed by atoms with Crippen LogP contribution in [0.2, 0.25) is 0 Å². The molecule has 1 atom stereocenters. The Bertz CT molecular complexity index is 530. The van der Waals surface area contributed by atoms with Gasteiger partial charge in [-0.05, 0) is 44.2 Å². The summed E-state index contributed by atoms with van der Waals surface area (Å²) in [6.07, 6.45) is 5.08. The van der Waals surface area contributed by atoms with Crippen LogP contribution >= 0.6 is 0 Å². The fraction of sp³-hybridized carbons (Fsp3) is 0.562. The lowest BCUT2D eigenvalue weighted by atomic mass is 9.99. The van der Waals surface area contributed by atoms with Gasteiger partial charge >= 0.3 is 0 Å². The van der Waals surface area contributed by atoms with Gasteiger partial charge < -0.3 is 16.0 Å². The summed E-state index contributed by atoms with van der Waals surface area (Å²) in [5.74, 6) is -0.533. The maximum Gasteiger partial charge on any atom is 0.240 e. The maximum atomic E-state index is 14.2. The van der Waals surface area contributed by atoms with Crippen molar-refractivity contribution in [3.05, 3.63) is 29.6 Å². The minimum atomic E-state index is -0.319. The van der Waals surface area contributed by atoms with Gasteiger partial charge in [0.2, 0.25) is 5.91 Å². The van der Waals surface area contributed by atoms with Gasteiger partial charge in [0.25, 0.3) is 0 Å². The summed E-state index contributed by atoms with van der Waals surface area (Å²) in [4.78, 5) is 13.7. The second kappa shape index (κ2) is 6.02. The van der Waals surface area contributed by atoms with Crippen LogP contribution in [0.4, 0.5) is 10.1 Å². The largest absolute Gasteiger partial charge is 0.368 e. The number of rotatable bonds is 5. The molecule has 2 fully saturated rings. The van der Waals surface area contributed by atoms with Gasteiger partial charge in [-0.1, -0.05) is 6.07 Å². The summed E-state index contributed by atoms with van der Waals surface area (Å²) >= 11 is 0. The lowest BCUT2D eigenvalue weighted by Crippen LogP contribution is -2.48. The Morgan fingerprint density at radius 3 is 2.86 bits per heavy atom. The molecule has 2 aliphatic rings. The molecule has 1 aliphatic carbocycles. The second-order valence-electron chi connectivity index (χ2n) is 6.00. The highest BCUT2D eigenvalue weighted by atomic mass is 19.1. The first-order chi connectivity index (χ1) is 10.2. The van der Waals surface area contributed by atoms with E-state index in [0.717, 1.165) is 44.3 Å². The van der Waals surface area contributed by atoms with E-state index in [9.17, 15) is 9.18 Å². The topological polar surface area (TPSA) is 58.4 Å². The number of benzene rings is 1. The number of halogens is 1. The third kappa shape index (κ3) is 3.18. The number of primary amides is 1. The first-order valence-electron chi connectivity index (χ1n) is 7.73. The Balaban J connectivity index is 1.87. The standard InChI is InChI=1S/C16H22FN3O/c17-13-4-3-6-14(12(13)10-19-11-7-8-11)20-9-2-1-5-15(20)16(18)21/h3-4,6,11,15,19H,1-2,5,7-10H2,(H2,18,21). The SMILES string of the molecule is NC(=O)C1CCCCN1c1cccc(F)c1CNC1CC1. The van der Waals surface area contributed by atoms with Crippen LogP contribution in [0, 0.1) is 5.82 Å². The summed E-state index contributed by atoms with van der Waals surface area (Å²) in [6.45, 7) is 1.27. The average molecular weight is 291 g/mol. The second-order valence-corrected chi connectivity index (χ2v) is 6.00. The Kier molecular flexibility index (Phi) is 4.10. The van der Waals surface area contributed by atoms with E-state index in [1.165, 1.54) is 6.07 Å². The van der Waals surface area contributed by atoms with Crippen LogP contribution in [0.25, 0.3) is 0 Å². The quantitative estimate of drug-likeness (QED) is 0.871. The number of piperidine rings is 1. The van der Waals surface area contributed by atoms with E-state index in [1.54, 1.807) is 6.07 Å². The molecule has 1 saturated heterocycles. The molecule has 4 nitrogen and oxygen atoms in total. The summed E-state index contributed by atoms with van der Waals surface area (Å²) in [5, 5.41) is 3.35. The lowest BCUT2D eigenvalue weighted by Gasteiger charge is -2.37. The van der Waals surface area contributed by atoms with E-state index in [1.807, 2.05) is 11.0 Å². The molecule has 3 N–H and O–H groups in total. The number of hydrogen-bond acceptors (Lipinski definition) is 3. The number of hydrogen-bond donors (Lipinski definition) is 2. The van der Waals surface area contributed by atoms with Crippen molar-refractivity contribution >= 4 is 11.6 Å². The van der Waals surface area contributed by atoms with Crippen molar-refractivity contribution in [1.29, 1.82) is 0 Å². The molecular weight excluding hydrogens is 269 g/mol. The Morgan fingerprint density at radius 1 is 1.33 bits per heavy atom. The van der Waals surface area contributed by atoms with Crippen LogP contribution in [0.1, 0.15) is 37.7 Å². The van der Waals surface area contributed by atoms with Crippen molar-refractivity contribution in [2.75, 3.05) is 11.4 Å². The Morgan fingerprint density at radius 2 is 2.14 bits per heavy atom. The predicted molar refractivity (Wildman–Crippen MR) is 80.4 cm³/mol. The van der Waals surface area contributed by atoms with Crippen molar-refractivity contribution < 1.29 is 9.18 Å². The third-order valence-electron chi connectivity index (χ3n) is 4.38. The molecule has 1 aromatic rings. The van der Waals surface area contributed by atoms with Crippen LogP contribution < -0.4 is 16.0 Å². The third-order valence-corrected chi connectivity index (χ3v) is 4.38. The summed E-state index contributed by atoms with van der Waals surface area (Å²) in [6, 6.07) is 5.29. The molecule has 0 spiro atoms. The highest BCUT2D eigenvalue weighted by molar-refractivity contribution is 5.84. The number of nitrogens with one attached hydrogen (secondary N) is 1. The molecule has 3 rings (SSSR count). The fourth-order valence-corrected chi connectivity index (χ4v) is 3.04. The first-order valence-corrected chi connectivity index (χ1v) is 7.73. The van der Waals surface area contributed by atoms with Gasteiger partial charge in [-0.2, -0.15) is 0 Å². The van der Waals surface area contributed by atoms with Crippen molar-refractivity contribution in [3.63, 3.8) is 0 Å². The van der Waals surface area contributed by atoms with Gasteiger partial charge in [-0.25, -0.2) is 4.39 Å². The molecule has 0 radical (unpaired) electrons. The number of amides is 1. The lowest BCUT2D eigenvalue weighted by molar-refractivity contribution is -0.119. The van der Waals surface area contributed by atoms with Crippen molar-refractivity contribution in [2.24, 2.45) is 5.73 Å². The highest BCUT2D eigenvalue weighted by Gasteiger charge is 2.29. The minimum Gasteiger partial charge on any atom is -0.368 e. The summed E-state index contributed by atoms with van der Waals surface area (Å²) in [5.41, 5.74) is 6.99. The highest BCUT2D eigenvalue weighted by Crippen LogP contribution is 2.30.